The monoisotopic (exact) mass is 329 g/mol. The van der Waals surface area contributed by atoms with E-state index in [9.17, 15) is 0 Å². The molecule has 24 heavy (non-hydrogen) atoms. The molecule has 0 atom stereocenters. The summed E-state index contributed by atoms with van der Waals surface area (Å²) >= 11 is 0. The molecule has 3 fully saturated rings. The molecule has 1 aromatic rings. The fourth-order valence-corrected chi connectivity index (χ4v) is 4.58. The van der Waals surface area contributed by atoms with Gasteiger partial charge >= 0.3 is 0 Å². The number of hydrogen-bond donors (Lipinski definition) is 0. The van der Waals surface area contributed by atoms with Crippen LogP contribution in [0, 0.1) is 6.92 Å². The highest BCUT2D eigenvalue weighted by Gasteiger charge is 2.34. The predicted molar refractivity (Wildman–Crippen MR) is 95.9 cm³/mol. The normalized spacial score (nSPS) is 25.7. The maximum Gasteiger partial charge on any atom is 0.125 e. The minimum Gasteiger partial charge on any atom is -0.298 e. The van der Waals surface area contributed by atoms with E-state index in [0.717, 1.165) is 24.5 Å². The van der Waals surface area contributed by atoms with Crippen LogP contribution in [-0.4, -0.2) is 76.0 Å². The van der Waals surface area contributed by atoms with Gasteiger partial charge in [0.25, 0.3) is 0 Å². The molecule has 3 aliphatic rings. The quantitative estimate of drug-likeness (QED) is 0.843. The molecule has 0 unspecified atom stereocenters. The first-order valence-electron chi connectivity index (χ1n) is 9.76. The Morgan fingerprint density at radius 2 is 1.46 bits per heavy atom. The molecule has 5 nitrogen and oxygen atoms in total. The fourth-order valence-electron chi connectivity index (χ4n) is 4.58. The van der Waals surface area contributed by atoms with Crippen LogP contribution in [0.15, 0.2) is 12.4 Å². The molecule has 4 rings (SSSR count). The third-order valence-corrected chi connectivity index (χ3v) is 6.13. The molecular formula is C19H31N5. The van der Waals surface area contributed by atoms with Crippen molar-refractivity contribution in [1.82, 2.24) is 24.7 Å². The minimum absolute atomic E-state index is 0.768. The van der Waals surface area contributed by atoms with Gasteiger partial charge in [-0.1, -0.05) is 19.3 Å². The first-order chi connectivity index (χ1) is 11.8. The van der Waals surface area contributed by atoms with E-state index in [1.165, 1.54) is 76.9 Å². The molecule has 1 aromatic heterocycles. The van der Waals surface area contributed by atoms with Crippen molar-refractivity contribution in [3.63, 3.8) is 0 Å². The zero-order valence-corrected chi connectivity index (χ0v) is 15.0. The van der Waals surface area contributed by atoms with Crippen molar-refractivity contribution in [3.8, 4) is 0 Å². The molecule has 3 heterocycles. The lowest BCUT2D eigenvalue weighted by Gasteiger charge is -2.49. The summed E-state index contributed by atoms with van der Waals surface area (Å²) in [4.78, 5) is 16.6. The molecule has 132 valence electrons. The van der Waals surface area contributed by atoms with E-state index >= 15 is 0 Å². The Hall–Kier alpha value is -1.04. The molecule has 0 N–H and O–H groups in total. The molecule has 0 spiro atoms. The van der Waals surface area contributed by atoms with Gasteiger partial charge in [0.2, 0.25) is 0 Å². The van der Waals surface area contributed by atoms with E-state index in [4.69, 9.17) is 0 Å². The van der Waals surface area contributed by atoms with Crippen LogP contribution in [0.1, 0.15) is 43.5 Å². The lowest BCUT2D eigenvalue weighted by atomic mass is 9.93. The number of hydrogen-bond acceptors (Lipinski definition) is 5. The van der Waals surface area contributed by atoms with Gasteiger partial charge < -0.3 is 0 Å². The standard InChI is InChI=1S/C19H31N5/c1-16-20-11-17(12-21-16)13-22-14-19(15-22)24-9-7-23(8-10-24)18-5-3-2-4-6-18/h11-12,18-19H,2-10,13-15H2,1H3. The summed E-state index contributed by atoms with van der Waals surface area (Å²) in [5.41, 5.74) is 1.24. The van der Waals surface area contributed by atoms with Crippen molar-refractivity contribution in [1.29, 1.82) is 0 Å². The van der Waals surface area contributed by atoms with E-state index in [1.807, 2.05) is 19.3 Å². The average Bonchev–Trinajstić information content (AvgIpc) is 2.60. The number of aryl methyl sites for hydroxylation is 1. The molecule has 2 aliphatic heterocycles. The van der Waals surface area contributed by atoms with Crippen LogP contribution in [0.5, 0.6) is 0 Å². The molecule has 0 amide bonds. The van der Waals surface area contributed by atoms with Crippen molar-refractivity contribution in [2.24, 2.45) is 0 Å². The van der Waals surface area contributed by atoms with Crippen LogP contribution in [0.4, 0.5) is 0 Å². The second-order valence-corrected chi connectivity index (χ2v) is 7.85. The number of aromatic nitrogens is 2. The van der Waals surface area contributed by atoms with E-state index in [1.54, 1.807) is 0 Å². The van der Waals surface area contributed by atoms with Crippen LogP contribution in [0.3, 0.4) is 0 Å². The molecule has 0 aromatic carbocycles. The Kier molecular flexibility index (Phi) is 5.11. The Morgan fingerprint density at radius 3 is 2.08 bits per heavy atom. The van der Waals surface area contributed by atoms with Crippen molar-refractivity contribution in [2.45, 2.75) is 57.7 Å². The van der Waals surface area contributed by atoms with Crippen LogP contribution < -0.4 is 0 Å². The van der Waals surface area contributed by atoms with Crippen LogP contribution >= 0.6 is 0 Å². The Labute approximate surface area is 146 Å². The number of rotatable bonds is 4. The highest BCUT2D eigenvalue weighted by Crippen LogP contribution is 2.25. The first kappa shape index (κ1) is 16.4. The molecule has 5 heteroatoms. The molecular weight excluding hydrogens is 298 g/mol. The van der Waals surface area contributed by atoms with Crippen LogP contribution in [-0.2, 0) is 6.54 Å². The second kappa shape index (κ2) is 7.46. The topological polar surface area (TPSA) is 35.5 Å². The highest BCUT2D eigenvalue weighted by molar-refractivity contribution is 5.06. The van der Waals surface area contributed by atoms with Gasteiger partial charge in [-0.25, -0.2) is 9.97 Å². The summed E-state index contributed by atoms with van der Waals surface area (Å²) in [7, 11) is 0. The van der Waals surface area contributed by atoms with Gasteiger partial charge in [0.15, 0.2) is 0 Å². The SMILES string of the molecule is Cc1ncc(CN2CC(N3CCN(C4CCCCC4)CC3)C2)cn1. The summed E-state index contributed by atoms with van der Waals surface area (Å²) in [6.07, 6.45) is 11.2. The maximum atomic E-state index is 4.30. The average molecular weight is 329 g/mol. The highest BCUT2D eigenvalue weighted by atomic mass is 15.4. The summed E-state index contributed by atoms with van der Waals surface area (Å²) < 4.78 is 0. The largest absolute Gasteiger partial charge is 0.298 e. The lowest BCUT2D eigenvalue weighted by Crippen LogP contribution is -2.63. The number of likely N-dealkylation sites (tertiary alicyclic amines) is 1. The van der Waals surface area contributed by atoms with Crippen molar-refractivity contribution >= 4 is 0 Å². The zero-order valence-electron chi connectivity index (χ0n) is 15.0. The summed E-state index contributed by atoms with van der Waals surface area (Å²) in [6, 6.07) is 1.66. The van der Waals surface area contributed by atoms with Crippen molar-refractivity contribution < 1.29 is 0 Å². The predicted octanol–water partition coefficient (Wildman–Crippen LogP) is 1.92. The summed E-state index contributed by atoms with van der Waals surface area (Å²) in [6.45, 7) is 10.5. The molecule has 1 saturated carbocycles. The zero-order chi connectivity index (χ0) is 16.4. The van der Waals surface area contributed by atoms with Crippen LogP contribution in [0.25, 0.3) is 0 Å². The Bertz CT molecular complexity index is 511. The Morgan fingerprint density at radius 1 is 0.875 bits per heavy atom. The van der Waals surface area contributed by atoms with Gasteiger partial charge in [-0.15, -0.1) is 0 Å². The van der Waals surface area contributed by atoms with Gasteiger partial charge in [-0.05, 0) is 19.8 Å². The van der Waals surface area contributed by atoms with E-state index in [2.05, 4.69) is 24.7 Å². The van der Waals surface area contributed by atoms with Crippen molar-refractivity contribution in [3.05, 3.63) is 23.8 Å². The van der Waals surface area contributed by atoms with Gasteiger partial charge in [0, 0.05) is 75.9 Å². The van der Waals surface area contributed by atoms with Gasteiger partial charge in [0.05, 0.1) is 0 Å². The maximum absolute atomic E-state index is 4.30. The molecule has 0 radical (unpaired) electrons. The third kappa shape index (κ3) is 3.79. The van der Waals surface area contributed by atoms with E-state index in [-0.39, 0.29) is 0 Å². The lowest BCUT2D eigenvalue weighted by molar-refractivity contribution is -0.0105. The second-order valence-electron chi connectivity index (χ2n) is 7.85. The van der Waals surface area contributed by atoms with Gasteiger partial charge in [0.1, 0.15) is 5.82 Å². The van der Waals surface area contributed by atoms with Crippen LogP contribution in [0.2, 0.25) is 0 Å². The molecule has 0 bridgehead atoms. The molecule has 1 aliphatic carbocycles. The number of nitrogens with zero attached hydrogens (tertiary/aromatic N) is 5. The van der Waals surface area contributed by atoms with Gasteiger partial charge in [-0.2, -0.15) is 0 Å². The van der Waals surface area contributed by atoms with E-state index < -0.39 is 0 Å². The summed E-state index contributed by atoms with van der Waals surface area (Å²) in [5, 5.41) is 0. The fraction of sp³-hybridized carbons (Fsp3) is 0.789. The minimum atomic E-state index is 0.768. The molecule has 2 saturated heterocycles. The summed E-state index contributed by atoms with van der Waals surface area (Å²) in [5.74, 6) is 0.857. The van der Waals surface area contributed by atoms with Gasteiger partial charge in [-0.3, -0.25) is 14.7 Å². The van der Waals surface area contributed by atoms with E-state index in [0.29, 0.717) is 0 Å². The van der Waals surface area contributed by atoms with Crippen molar-refractivity contribution in [2.75, 3.05) is 39.3 Å². The smallest absolute Gasteiger partial charge is 0.125 e. The Balaban J connectivity index is 1.19. The number of piperazine rings is 1. The first-order valence-corrected chi connectivity index (χ1v) is 9.76. The third-order valence-electron chi connectivity index (χ3n) is 6.13.